The fraction of sp³-hybridized carbons (Fsp3) is 0.200. The van der Waals surface area contributed by atoms with Crippen molar-refractivity contribution in [2.75, 3.05) is 0 Å². The minimum atomic E-state index is -0.378. The van der Waals surface area contributed by atoms with Crippen molar-refractivity contribution in [3.8, 4) is 39.3 Å². The normalized spacial score (nSPS) is 12.0. The van der Waals surface area contributed by atoms with E-state index in [4.69, 9.17) is 10.2 Å². The Kier molecular flexibility index (Phi) is 7.35. The second-order valence-corrected chi connectivity index (χ2v) is 12.9. The largest absolute Gasteiger partial charge is 0.278 e. The minimum Gasteiger partial charge on any atom is -0.278 e. The summed E-state index contributed by atoms with van der Waals surface area (Å²) in [5, 5.41) is 9.76. The quantitative estimate of drug-likeness (QED) is 0.203. The minimum absolute atomic E-state index is 0.118. The number of hydrogen-bond acceptors (Lipinski definition) is 2. The average molecular weight is 562 g/mol. The predicted octanol–water partition coefficient (Wildman–Crippen LogP) is 10.2. The molecule has 0 saturated heterocycles. The zero-order valence-corrected chi connectivity index (χ0v) is 26.0. The molecule has 0 fully saturated rings. The molecular formula is C40H39N3. The van der Waals surface area contributed by atoms with Crippen molar-refractivity contribution in [1.29, 1.82) is 0 Å². The van der Waals surface area contributed by atoms with E-state index >= 15 is 0 Å². The summed E-state index contributed by atoms with van der Waals surface area (Å²) in [6.07, 6.45) is 0. The highest BCUT2D eigenvalue weighted by Crippen LogP contribution is 2.37. The van der Waals surface area contributed by atoms with Gasteiger partial charge in [0.05, 0.1) is 11.1 Å². The Morgan fingerprint density at radius 1 is 0.488 bits per heavy atom. The predicted molar refractivity (Wildman–Crippen MR) is 180 cm³/mol. The standard InChI is InChI=1S/C40H39N3/c1-28-26-32(29-14-9-7-10-15-29)22-25-36(28)43-37(41-42-38(43)40(5,6)35-18-11-8-12-19-35)33-17-13-16-31(27-33)30-20-23-34(24-21-30)39(2,3)4/h7-27H,1-6H3. The fourth-order valence-corrected chi connectivity index (χ4v) is 5.80. The molecule has 43 heavy (non-hydrogen) atoms. The number of hydrogen-bond donors (Lipinski definition) is 0. The van der Waals surface area contributed by atoms with Crippen LogP contribution in [-0.2, 0) is 10.8 Å². The van der Waals surface area contributed by atoms with E-state index in [1.165, 1.54) is 33.4 Å². The molecule has 5 aromatic carbocycles. The summed E-state index contributed by atoms with van der Waals surface area (Å²) in [6, 6.07) is 45.4. The molecule has 3 heteroatoms. The smallest absolute Gasteiger partial charge is 0.168 e. The van der Waals surface area contributed by atoms with Crippen LogP contribution in [0.2, 0.25) is 0 Å². The van der Waals surface area contributed by atoms with Crippen molar-refractivity contribution in [2.24, 2.45) is 0 Å². The Hall–Kier alpha value is -4.76. The molecule has 0 bridgehead atoms. The Balaban J connectivity index is 1.50. The van der Waals surface area contributed by atoms with Gasteiger partial charge in [0.2, 0.25) is 0 Å². The highest BCUT2D eigenvalue weighted by molar-refractivity contribution is 5.73. The fourth-order valence-electron chi connectivity index (χ4n) is 5.80. The lowest BCUT2D eigenvalue weighted by molar-refractivity contribution is 0.576. The summed E-state index contributed by atoms with van der Waals surface area (Å²) in [5.41, 5.74) is 10.3. The van der Waals surface area contributed by atoms with Gasteiger partial charge in [0.15, 0.2) is 5.82 Å². The van der Waals surface area contributed by atoms with Gasteiger partial charge in [0, 0.05) is 5.56 Å². The van der Waals surface area contributed by atoms with Crippen LogP contribution in [0.5, 0.6) is 0 Å². The van der Waals surface area contributed by atoms with Gasteiger partial charge in [-0.1, -0.05) is 130 Å². The van der Waals surface area contributed by atoms with Gasteiger partial charge in [-0.3, -0.25) is 4.57 Å². The van der Waals surface area contributed by atoms with Crippen LogP contribution in [0.25, 0.3) is 39.3 Å². The molecule has 0 saturated carbocycles. The van der Waals surface area contributed by atoms with Gasteiger partial charge < -0.3 is 0 Å². The zero-order valence-electron chi connectivity index (χ0n) is 26.0. The maximum Gasteiger partial charge on any atom is 0.168 e. The van der Waals surface area contributed by atoms with Gasteiger partial charge in [0.25, 0.3) is 0 Å². The summed E-state index contributed by atoms with van der Waals surface area (Å²) >= 11 is 0. The molecule has 0 spiro atoms. The lowest BCUT2D eigenvalue weighted by Gasteiger charge is -2.26. The molecule has 1 aromatic heterocycles. The van der Waals surface area contributed by atoms with Gasteiger partial charge in [-0.25, -0.2) is 0 Å². The number of benzene rings is 5. The molecule has 0 atom stereocenters. The average Bonchev–Trinajstić information content (AvgIpc) is 3.47. The van der Waals surface area contributed by atoms with Crippen LogP contribution in [0, 0.1) is 6.92 Å². The van der Waals surface area contributed by atoms with Gasteiger partial charge in [-0.2, -0.15) is 0 Å². The van der Waals surface area contributed by atoms with Crippen LogP contribution in [0.4, 0.5) is 0 Å². The molecule has 3 nitrogen and oxygen atoms in total. The second kappa shape index (κ2) is 11.1. The molecule has 0 radical (unpaired) electrons. The molecule has 0 aliphatic heterocycles. The molecule has 0 N–H and O–H groups in total. The van der Waals surface area contributed by atoms with E-state index in [0.29, 0.717) is 0 Å². The van der Waals surface area contributed by atoms with Crippen molar-refractivity contribution in [3.05, 3.63) is 150 Å². The van der Waals surface area contributed by atoms with Crippen molar-refractivity contribution >= 4 is 0 Å². The molecule has 0 unspecified atom stereocenters. The topological polar surface area (TPSA) is 30.7 Å². The summed E-state index contributed by atoms with van der Waals surface area (Å²) in [7, 11) is 0. The van der Waals surface area contributed by atoms with Crippen LogP contribution in [0.3, 0.4) is 0 Å². The lowest BCUT2D eigenvalue weighted by atomic mass is 9.83. The number of rotatable bonds is 6. The van der Waals surface area contributed by atoms with Crippen molar-refractivity contribution in [2.45, 2.75) is 52.4 Å². The van der Waals surface area contributed by atoms with E-state index in [1.807, 2.05) is 0 Å². The van der Waals surface area contributed by atoms with Gasteiger partial charge in [0.1, 0.15) is 5.82 Å². The first-order chi connectivity index (χ1) is 20.6. The van der Waals surface area contributed by atoms with Crippen molar-refractivity contribution in [3.63, 3.8) is 0 Å². The zero-order chi connectivity index (χ0) is 30.2. The number of aryl methyl sites for hydroxylation is 1. The van der Waals surface area contributed by atoms with Crippen LogP contribution >= 0.6 is 0 Å². The molecule has 6 rings (SSSR count). The maximum atomic E-state index is 4.89. The number of nitrogens with zero attached hydrogens (tertiary/aromatic N) is 3. The van der Waals surface area contributed by atoms with E-state index < -0.39 is 0 Å². The third-order valence-corrected chi connectivity index (χ3v) is 8.47. The Morgan fingerprint density at radius 3 is 1.70 bits per heavy atom. The molecule has 0 amide bonds. The molecule has 6 aromatic rings. The van der Waals surface area contributed by atoms with E-state index in [9.17, 15) is 0 Å². The van der Waals surface area contributed by atoms with Gasteiger partial charge in [-0.05, 0) is 83.3 Å². The number of aromatic nitrogens is 3. The highest BCUT2D eigenvalue weighted by Gasteiger charge is 2.32. The molecule has 0 aliphatic carbocycles. The molecule has 214 valence electrons. The van der Waals surface area contributed by atoms with Crippen molar-refractivity contribution in [1.82, 2.24) is 14.8 Å². The third kappa shape index (κ3) is 5.56. The third-order valence-electron chi connectivity index (χ3n) is 8.47. The SMILES string of the molecule is Cc1cc(-c2ccccc2)ccc1-n1c(-c2cccc(-c3ccc(C(C)(C)C)cc3)c2)nnc1C(C)(C)c1ccccc1. The van der Waals surface area contributed by atoms with Crippen LogP contribution in [0.1, 0.15) is 57.1 Å². The summed E-state index contributed by atoms with van der Waals surface area (Å²) in [4.78, 5) is 0. The van der Waals surface area contributed by atoms with E-state index in [2.05, 4.69) is 174 Å². The first kappa shape index (κ1) is 28.4. The monoisotopic (exact) mass is 561 g/mol. The van der Waals surface area contributed by atoms with Gasteiger partial charge >= 0.3 is 0 Å². The second-order valence-electron chi connectivity index (χ2n) is 12.9. The van der Waals surface area contributed by atoms with E-state index in [-0.39, 0.29) is 10.8 Å². The highest BCUT2D eigenvalue weighted by atomic mass is 15.3. The molecule has 0 aliphatic rings. The van der Waals surface area contributed by atoms with Gasteiger partial charge in [-0.15, -0.1) is 10.2 Å². The lowest BCUT2D eigenvalue weighted by Crippen LogP contribution is -2.24. The van der Waals surface area contributed by atoms with E-state index in [0.717, 1.165) is 28.5 Å². The van der Waals surface area contributed by atoms with Crippen LogP contribution in [-0.4, -0.2) is 14.8 Å². The van der Waals surface area contributed by atoms with E-state index in [1.54, 1.807) is 0 Å². The maximum absolute atomic E-state index is 4.89. The van der Waals surface area contributed by atoms with Crippen LogP contribution in [0.15, 0.2) is 127 Å². The summed E-state index contributed by atoms with van der Waals surface area (Å²) in [6.45, 7) is 13.4. The Bertz CT molecular complexity index is 1860. The first-order valence-electron chi connectivity index (χ1n) is 15.0. The van der Waals surface area contributed by atoms with Crippen LogP contribution < -0.4 is 0 Å². The molecule has 1 heterocycles. The summed E-state index contributed by atoms with van der Waals surface area (Å²) < 4.78 is 2.26. The Labute approximate surface area is 255 Å². The Morgan fingerprint density at radius 2 is 1.05 bits per heavy atom. The molecular weight excluding hydrogens is 522 g/mol. The summed E-state index contributed by atoms with van der Waals surface area (Å²) in [5.74, 6) is 1.74. The first-order valence-corrected chi connectivity index (χ1v) is 15.0. The van der Waals surface area contributed by atoms with Crippen molar-refractivity contribution < 1.29 is 0 Å².